The summed E-state index contributed by atoms with van der Waals surface area (Å²) in [5.74, 6) is -0.942. The molecule has 3 unspecified atom stereocenters. The van der Waals surface area contributed by atoms with Gasteiger partial charge in [-0.1, -0.05) is 6.92 Å². The molecule has 1 aliphatic carbocycles. The second-order valence-electron chi connectivity index (χ2n) is 6.18. The predicted molar refractivity (Wildman–Crippen MR) is 81.5 cm³/mol. The lowest BCUT2D eigenvalue weighted by Crippen LogP contribution is -2.53. The second kappa shape index (κ2) is 5.79. The van der Waals surface area contributed by atoms with Crippen LogP contribution in [0.1, 0.15) is 49.0 Å². The van der Waals surface area contributed by atoms with Crippen molar-refractivity contribution in [3.63, 3.8) is 0 Å². The standard InChI is InChI=1S/C16H21NO3S/c1-10-4-3-8-17(14(10)16(19)20)15(18)12-5-2-6-13-11(12)7-9-21-13/h7,9-10,12,14H,2-6,8H2,1H3,(H,19,20). The molecule has 1 fully saturated rings. The molecule has 2 heterocycles. The van der Waals surface area contributed by atoms with Gasteiger partial charge in [-0.25, -0.2) is 4.79 Å². The molecule has 1 aliphatic heterocycles. The number of thiophene rings is 1. The Kier molecular flexibility index (Phi) is 4.02. The first-order valence-electron chi connectivity index (χ1n) is 7.69. The number of piperidine rings is 1. The molecule has 2 aliphatic rings. The Morgan fingerprint density at radius 1 is 1.33 bits per heavy atom. The average Bonchev–Trinajstić information content (AvgIpc) is 2.94. The minimum absolute atomic E-state index is 0.0216. The first kappa shape index (κ1) is 14.6. The van der Waals surface area contributed by atoms with Crippen LogP contribution in [0.2, 0.25) is 0 Å². The Morgan fingerprint density at radius 3 is 2.90 bits per heavy atom. The van der Waals surface area contributed by atoms with Gasteiger partial charge in [0.1, 0.15) is 6.04 Å². The summed E-state index contributed by atoms with van der Waals surface area (Å²) in [6, 6.07) is 1.39. The summed E-state index contributed by atoms with van der Waals surface area (Å²) in [5, 5.41) is 11.5. The average molecular weight is 307 g/mol. The van der Waals surface area contributed by atoms with Crippen LogP contribution in [0.25, 0.3) is 0 Å². The number of carbonyl (C=O) groups excluding carboxylic acids is 1. The zero-order valence-corrected chi connectivity index (χ0v) is 13.1. The third-order valence-electron chi connectivity index (χ3n) is 4.82. The van der Waals surface area contributed by atoms with Crippen LogP contribution in [0.4, 0.5) is 0 Å². The summed E-state index contributed by atoms with van der Waals surface area (Å²) in [7, 11) is 0. The number of likely N-dealkylation sites (tertiary alicyclic amines) is 1. The lowest BCUT2D eigenvalue weighted by Gasteiger charge is -2.39. The van der Waals surface area contributed by atoms with E-state index in [0.29, 0.717) is 6.54 Å². The fourth-order valence-electron chi connectivity index (χ4n) is 3.75. The molecule has 3 atom stereocenters. The number of fused-ring (bicyclic) bond motifs is 1. The topological polar surface area (TPSA) is 57.6 Å². The zero-order chi connectivity index (χ0) is 15.0. The Balaban J connectivity index is 1.86. The molecule has 0 radical (unpaired) electrons. The smallest absolute Gasteiger partial charge is 0.326 e. The van der Waals surface area contributed by atoms with Crippen molar-refractivity contribution >= 4 is 23.2 Å². The van der Waals surface area contributed by atoms with Crippen LogP contribution in [-0.4, -0.2) is 34.5 Å². The highest BCUT2D eigenvalue weighted by molar-refractivity contribution is 7.10. The summed E-state index contributed by atoms with van der Waals surface area (Å²) in [5.41, 5.74) is 1.14. The van der Waals surface area contributed by atoms with Crippen LogP contribution in [0, 0.1) is 5.92 Å². The first-order chi connectivity index (χ1) is 10.1. The highest BCUT2D eigenvalue weighted by atomic mass is 32.1. The van der Waals surface area contributed by atoms with Gasteiger partial charge in [0, 0.05) is 11.4 Å². The zero-order valence-electron chi connectivity index (χ0n) is 12.2. The van der Waals surface area contributed by atoms with E-state index in [1.165, 1.54) is 4.88 Å². The third kappa shape index (κ3) is 2.59. The number of carbonyl (C=O) groups is 2. The van der Waals surface area contributed by atoms with E-state index >= 15 is 0 Å². The molecule has 1 amide bonds. The van der Waals surface area contributed by atoms with E-state index in [-0.39, 0.29) is 17.7 Å². The highest BCUT2D eigenvalue weighted by Gasteiger charge is 2.40. The molecule has 0 saturated carbocycles. The van der Waals surface area contributed by atoms with Gasteiger partial charge < -0.3 is 10.0 Å². The largest absolute Gasteiger partial charge is 0.480 e. The number of aliphatic carboxylic acids is 1. The lowest BCUT2D eigenvalue weighted by molar-refractivity contribution is -0.155. The minimum atomic E-state index is -0.864. The number of amides is 1. The Bertz CT molecular complexity index is 553. The predicted octanol–water partition coefficient (Wildman–Crippen LogP) is 2.88. The van der Waals surface area contributed by atoms with Crippen LogP contribution in [0.5, 0.6) is 0 Å². The Morgan fingerprint density at radius 2 is 2.14 bits per heavy atom. The van der Waals surface area contributed by atoms with Crippen molar-refractivity contribution in [3.8, 4) is 0 Å². The molecular weight excluding hydrogens is 286 g/mol. The molecule has 114 valence electrons. The molecule has 21 heavy (non-hydrogen) atoms. The molecule has 1 aromatic rings. The van der Waals surface area contributed by atoms with Gasteiger partial charge in [0.05, 0.1) is 5.92 Å². The van der Waals surface area contributed by atoms with E-state index < -0.39 is 12.0 Å². The van der Waals surface area contributed by atoms with Crippen molar-refractivity contribution in [1.82, 2.24) is 4.90 Å². The van der Waals surface area contributed by atoms with E-state index in [1.54, 1.807) is 16.2 Å². The molecule has 4 nitrogen and oxygen atoms in total. The van der Waals surface area contributed by atoms with Gasteiger partial charge in [0.2, 0.25) is 5.91 Å². The van der Waals surface area contributed by atoms with Gasteiger partial charge in [-0.05, 0) is 55.0 Å². The summed E-state index contributed by atoms with van der Waals surface area (Å²) >= 11 is 1.71. The SMILES string of the molecule is CC1CCCN(C(=O)C2CCCc3sccc32)C1C(=O)O. The maximum Gasteiger partial charge on any atom is 0.326 e. The van der Waals surface area contributed by atoms with Crippen LogP contribution < -0.4 is 0 Å². The normalized spacial score (nSPS) is 29.0. The fourth-order valence-corrected chi connectivity index (χ4v) is 4.74. The highest BCUT2D eigenvalue weighted by Crippen LogP contribution is 2.37. The molecule has 1 N–H and O–H groups in total. The molecule has 1 aromatic heterocycles. The molecule has 3 rings (SSSR count). The Hall–Kier alpha value is -1.36. The number of aryl methyl sites for hydroxylation is 1. The quantitative estimate of drug-likeness (QED) is 0.914. The van der Waals surface area contributed by atoms with Crippen LogP contribution in [0.15, 0.2) is 11.4 Å². The van der Waals surface area contributed by atoms with E-state index in [0.717, 1.165) is 37.7 Å². The van der Waals surface area contributed by atoms with Crippen molar-refractivity contribution in [1.29, 1.82) is 0 Å². The van der Waals surface area contributed by atoms with Gasteiger partial charge in [-0.3, -0.25) is 4.79 Å². The van der Waals surface area contributed by atoms with Gasteiger partial charge in [-0.15, -0.1) is 11.3 Å². The van der Waals surface area contributed by atoms with Crippen molar-refractivity contribution in [2.45, 2.75) is 51.0 Å². The van der Waals surface area contributed by atoms with Crippen molar-refractivity contribution < 1.29 is 14.7 Å². The first-order valence-corrected chi connectivity index (χ1v) is 8.57. The molecule has 0 spiro atoms. The van der Waals surface area contributed by atoms with Crippen LogP contribution in [0.3, 0.4) is 0 Å². The molecular formula is C16H21NO3S. The van der Waals surface area contributed by atoms with E-state index in [4.69, 9.17) is 0 Å². The number of hydrogen-bond acceptors (Lipinski definition) is 3. The monoisotopic (exact) mass is 307 g/mol. The maximum atomic E-state index is 12.9. The number of rotatable bonds is 2. The summed E-state index contributed by atoms with van der Waals surface area (Å²) in [6.45, 7) is 2.52. The Labute approximate surface area is 128 Å². The van der Waals surface area contributed by atoms with E-state index in [2.05, 4.69) is 0 Å². The lowest BCUT2D eigenvalue weighted by atomic mass is 9.84. The van der Waals surface area contributed by atoms with Gasteiger partial charge in [0.25, 0.3) is 0 Å². The van der Waals surface area contributed by atoms with Gasteiger partial charge in [-0.2, -0.15) is 0 Å². The molecule has 0 aromatic carbocycles. The fraction of sp³-hybridized carbons (Fsp3) is 0.625. The van der Waals surface area contributed by atoms with E-state index in [9.17, 15) is 14.7 Å². The van der Waals surface area contributed by atoms with Crippen molar-refractivity contribution in [2.24, 2.45) is 5.92 Å². The number of carboxylic acids is 1. The van der Waals surface area contributed by atoms with Crippen LogP contribution >= 0.6 is 11.3 Å². The van der Waals surface area contributed by atoms with Crippen LogP contribution in [-0.2, 0) is 16.0 Å². The maximum absolute atomic E-state index is 12.9. The van der Waals surface area contributed by atoms with Crippen molar-refractivity contribution in [3.05, 3.63) is 21.9 Å². The minimum Gasteiger partial charge on any atom is -0.480 e. The number of hydrogen-bond donors (Lipinski definition) is 1. The molecule has 5 heteroatoms. The second-order valence-corrected chi connectivity index (χ2v) is 7.18. The van der Waals surface area contributed by atoms with Gasteiger partial charge in [0.15, 0.2) is 0 Å². The van der Waals surface area contributed by atoms with E-state index in [1.807, 2.05) is 18.4 Å². The summed E-state index contributed by atoms with van der Waals surface area (Å²) < 4.78 is 0. The van der Waals surface area contributed by atoms with Crippen molar-refractivity contribution in [2.75, 3.05) is 6.54 Å². The number of carboxylic acid groups (broad SMARTS) is 1. The molecule has 1 saturated heterocycles. The molecule has 0 bridgehead atoms. The number of nitrogens with zero attached hydrogens (tertiary/aromatic N) is 1. The third-order valence-corrected chi connectivity index (χ3v) is 5.82. The summed E-state index contributed by atoms with van der Waals surface area (Å²) in [4.78, 5) is 27.4. The summed E-state index contributed by atoms with van der Waals surface area (Å²) in [6.07, 6.45) is 4.70. The van der Waals surface area contributed by atoms with Gasteiger partial charge >= 0.3 is 5.97 Å².